The number of carbonyl (C=O) groups is 1. The second kappa shape index (κ2) is 6.50. The van der Waals surface area contributed by atoms with E-state index in [1.54, 1.807) is 0 Å². The lowest BCUT2D eigenvalue weighted by Gasteiger charge is -2.26. The van der Waals surface area contributed by atoms with E-state index in [1.165, 1.54) is 37.6 Å². The van der Waals surface area contributed by atoms with Crippen molar-refractivity contribution in [2.24, 2.45) is 11.3 Å². The fourth-order valence-corrected chi connectivity index (χ4v) is 3.06. The number of amides is 1. The van der Waals surface area contributed by atoms with Gasteiger partial charge in [-0.05, 0) is 42.7 Å². The molecule has 1 aromatic heterocycles. The molecule has 21 heavy (non-hydrogen) atoms. The number of nitrogens with zero attached hydrogens (tertiary/aromatic N) is 1. The molecule has 1 aliphatic rings. The summed E-state index contributed by atoms with van der Waals surface area (Å²) >= 11 is 0. The second-order valence-electron chi connectivity index (χ2n) is 6.39. The van der Waals surface area contributed by atoms with Crippen LogP contribution in [0.2, 0.25) is 0 Å². The average Bonchev–Trinajstić information content (AvgIpc) is 2.78. The van der Waals surface area contributed by atoms with Gasteiger partial charge in [-0.3, -0.25) is 9.78 Å². The largest absolute Gasteiger partial charge is 0.352 e. The minimum Gasteiger partial charge on any atom is -0.352 e. The maximum Gasteiger partial charge on any atom is 0.280 e. The van der Waals surface area contributed by atoms with E-state index < -0.39 is 6.43 Å². The zero-order valence-electron chi connectivity index (χ0n) is 12.5. The van der Waals surface area contributed by atoms with Crippen LogP contribution in [0.4, 0.5) is 8.78 Å². The van der Waals surface area contributed by atoms with Crippen LogP contribution in [0.25, 0.3) is 0 Å². The fraction of sp³-hybridized carbons (Fsp3) is 0.625. The summed E-state index contributed by atoms with van der Waals surface area (Å²) < 4.78 is 24.8. The van der Waals surface area contributed by atoms with E-state index in [2.05, 4.69) is 24.1 Å². The quantitative estimate of drug-likeness (QED) is 0.893. The van der Waals surface area contributed by atoms with E-state index in [0.717, 1.165) is 6.42 Å². The summed E-state index contributed by atoms with van der Waals surface area (Å²) in [7, 11) is 0. The molecule has 0 bridgehead atoms. The predicted molar refractivity (Wildman–Crippen MR) is 77.3 cm³/mol. The average molecular weight is 296 g/mol. The van der Waals surface area contributed by atoms with Gasteiger partial charge in [-0.1, -0.05) is 20.3 Å². The monoisotopic (exact) mass is 296 g/mol. The molecule has 1 amide bonds. The van der Waals surface area contributed by atoms with Gasteiger partial charge in [0.1, 0.15) is 5.69 Å². The molecule has 0 aromatic carbocycles. The van der Waals surface area contributed by atoms with E-state index in [9.17, 15) is 13.6 Å². The highest BCUT2D eigenvalue weighted by Crippen LogP contribution is 2.44. The highest BCUT2D eigenvalue weighted by Gasteiger charge is 2.33. The smallest absolute Gasteiger partial charge is 0.280 e. The van der Waals surface area contributed by atoms with Crippen LogP contribution >= 0.6 is 0 Å². The van der Waals surface area contributed by atoms with Crippen LogP contribution in [0, 0.1) is 11.3 Å². The molecule has 2 rings (SSSR count). The lowest BCUT2D eigenvalue weighted by atomic mass is 9.80. The first-order chi connectivity index (χ1) is 9.90. The van der Waals surface area contributed by atoms with Crippen LogP contribution in [0.3, 0.4) is 0 Å². The van der Waals surface area contributed by atoms with Gasteiger partial charge in [0, 0.05) is 12.7 Å². The maximum absolute atomic E-state index is 12.4. The molecule has 1 fully saturated rings. The number of hydrogen-bond acceptors (Lipinski definition) is 2. The number of rotatable bonds is 5. The Hall–Kier alpha value is -1.52. The molecule has 1 aliphatic carbocycles. The van der Waals surface area contributed by atoms with Gasteiger partial charge in [-0.15, -0.1) is 0 Å². The predicted octanol–water partition coefficient (Wildman–Crippen LogP) is 3.97. The van der Waals surface area contributed by atoms with Gasteiger partial charge < -0.3 is 5.32 Å². The first-order valence-electron chi connectivity index (χ1n) is 7.42. The third-order valence-corrected chi connectivity index (χ3v) is 4.53. The van der Waals surface area contributed by atoms with Gasteiger partial charge in [0.25, 0.3) is 12.3 Å². The minimum absolute atomic E-state index is 0.251. The van der Waals surface area contributed by atoms with E-state index in [0.29, 0.717) is 23.4 Å². The maximum atomic E-state index is 12.4. The SMILES string of the molecule is CC1(C)CCCC1CCNC(=O)c1ccc(C(F)F)nc1. The Kier molecular flexibility index (Phi) is 4.91. The van der Waals surface area contributed by atoms with Crippen molar-refractivity contribution in [3.63, 3.8) is 0 Å². The third kappa shape index (κ3) is 3.99. The van der Waals surface area contributed by atoms with Gasteiger partial charge in [-0.25, -0.2) is 8.78 Å². The highest BCUT2D eigenvalue weighted by molar-refractivity contribution is 5.93. The standard InChI is InChI=1S/C16H22F2N2O/c1-16(2)8-3-4-12(16)7-9-19-15(21)11-5-6-13(14(17)18)20-10-11/h5-6,10,12,14H,3-4,7-9H2,1-2H3,(H,19,21). The van der Waals surface area contributed by atoms with Crippen LogP contribution in [0.15, 0.2) is 18.3 Å². The third-order valence-electron chi connectivity index (χ3n) is 4.53. The number of halogens is 2. The second-order valence-corrected chi connectivity index (χ2v) is 6.39. The molecular weight excluding hydrogens is 274 g/mol. The van der Waals surface area contributed by atoms with Crippen molar-refractivity contribution in [2.75, 3.05) is 6.54 Å². The van der Waals surface area contributed by atoms with Crippen molar-refractivity contribution in [3.05, 3.63) is 29.6 Å². The Morgan fingerprint density at radius 3 is 2.76 bits per heavy atom. The molecule has 3 nitrogen and oxygen atoms in total. The number of hydrogen-bond donors (Lipinski definition) is 1. The lowest BCUT2D eigenvalue weighted by Crippen LogP contribution is -2.28. The first-order valence-corrected chi connectivity index (χ1v) is 7.42. The molecule has 5 heteroatoms. The number of alkyl halides is 2. The Balaban J connectivity index is 1.82. The van der Waals surface area contributed by atoms with Gasteiger partial charge in [-0.2, -0.15) is 0 Å². The zero-order chi connectivity index (χ0) is 15.5. The van der Waals surface area contributed by atoms with Crippen molar-refractivity contribution in [3.8, 4) is 0 Å². The number of aromatic nitrogens is 1. The summed E-state index contributed by atoms with van der Waals surface area (Å²) in [4.78, 5) is 15.5. The van der Waals surface area contributed by atoms with E-state index in [1.807, 2.05) is 0 Å². The molecule has 116 valence electrons. The summed E-state index contributed by atoms with van der Waals surface area (Å²) in [6, 6.07) is 2.59. The number of nitrogens with one attached hydrogen (secondary N) is 1. The lowest BCUT2D eigenvalue weighted by molar-refractivity contribution is 0.0946. The molecule has 1 saturated carbocycles. The zero-order valence-corrected chi connectivity index (χ0v) is 12.5. The first kappa shape index (κ1) is 15.9. The van der Waals surface area contributed by atoms with Crippen molar-refractivity contribution >= 4 is 5.91 Å². The number of carbonyl (C=O) groups excluding carboxylic acids is 1. The molecule has 1 heterocycles. The van der Waals surface area contributed by atoms with Crippen molar-refractivity contribution in [1.29, 1.82) is 0 Å². The van der Waals surface area contributed by atoms with Crippen LogP contribution in [-0.4, -0.2) is 17.4 Å². The summed E-state index contributed by atoms with van der Waals surface area (Å²) in [5.74, 6) is 0.385. The molecule has 0 radical (unpaired) electrons. The molecule has 1 N–H and O–H groups in total. The van der Waals surface area contributed by atoms with Crippen molar-refractivity contribution < 1.29 is 13.6 Å². The summed E-state index contributed by atoms with van der Waals surface area (Å²) in [6.07, 6.45) is 3.27. The molecular formula is C16H22F2N2O. The summed E-state index contributed by atoms with van der Waals surface area (Å²) in [5, 5.41) is 2.85. The van der Waals surface area contributed by atoms with Crippen LogP contribution < -0.4 is 5.32 Å². The normalized spacial score (nSPS) is 20.7. The highest BCUT2D eigenvalue weighted by atomic mass is 19.3. The van der Waals surface area contributed by atoms with Gasteiger partial charge >= 0.3 is 0 Å². The van der Waals surface area contributed by atoms with Crippen molar-refractivity contribution in [2.45, 2.75) is 46.0 Å². The Bertz CT molecular complexity index is 486. The summed E-state index contributed by atoms with van der Waals surface area (Å²) in [5.41, 5.74) is 0.370. The Labute approximate surface area is 124 Å². The van der Waals surface area contributed by atoms with Gasteiger partial charge in [0.15, 0.2) is 0 Å². The van der Waals surface area contributed by atoms with Crippen molar-refractivity contribution in [1.82, 2.24) is 10.3 Å². The topological polar surface area (TPSA) is 42.0 Å². The van der Waals surface area contributed by atoms with Crippen LogP contribution in [0.1, 0.15) is 62.0 Å². The molecule has 0 saturated heterocycles. The van der Waals surface area contributed by atoms with Gasteiger partial charge in [0.2, 0.25) is 0 Å². The molecule has 0 aliphatic heterocycles. The summed E-state index contributed by atoms with van der Waals surface area (Å²) in [6.45, 7) is 5.17. The molecule has 1 atom stereocenters. The Morgan fingerprint density at radius 2 is 2.24 bits per heavy atom. The Morgan fingerprint density at radius 1 is 1.48 bits per heavy atom. The minimum atomic E-state index is -2.60. The fourth-order valence-electron chi connectivity index (χ4n) is 3.06. The van der Waals surface area contributed by atoms with Crippen LogP contribution in [0.5, 0.6) is 0 Å². The van der Waals surface area contributed by atoms with E-state index in [4.69, 9.17) is 0 Å². The molecule has 1 aromatic rings. The van der Waals surface area contributed by atoms with E-state index >= 15 is 0 Å². The van der Waals surface area contributed by atoms with Gasteiger partial charge in [0.05, 0.1) is 5.56 Å². The number of pyridine rings is 1. The van der Waals surface area contributed by atoms with Crippen LogP contribution in [-0.2, 0) is 0 Å². The molecule has 1 unspecified atom stereocenters. The van der Waals surface area contributed by atoms with E-state index in [-0.39, 0.29) is 11.6 Å². The molecule has 0 spiro atoms.